The highest BCUT2D eigenvalue weighted by molar-refractivity contribution is 5.84. The van der Waals surface area contributed by atoms with Crippen LogP contribution < -0.4 is 24.3 Å². The molecule has 0 aliphatic carbocycles. The summed E-state index contributed by atoms with van der Waals surface area (Å²) in [6.45, 7) is 2.16. The first kappa shape index (κ1) is 18.0. The normalized spacial score (nSPS) is 15.9. The zero-order valence-electron chi connectivity index (χ0n) is 15.9. The molecule has 5 nitrogen and oxygen atoms in total. The smallest absolute Gasteiger partial charge is 0.161 e. The van der Waals surface area contributed by atoms with E-state index in [0.717, 1.165) is 28.9 Å². The Morgan fingerprint density at radius 3 is 2.08 bits per heavy atom. The van der Waals surface area contributed by atoms with Gasteiger partial charge in [-0.2, -0.15) is 0 Å². The SMILES string of the molecule is COc1ccc(C2=CNC(C)Cc3cc(OC)c(OC)cc32)cc1OC. The maximum atomic E-state index is 5.52. The van der Waals surface area contributed by atoms with E-state index in [4.69, 9.17) is 18.9 Å². The lowest BCUT2D eigenvalue weighted by atomic mass is 9.92. The first-order valence-electron chi connectivity index (χ1n) is 8.55. The third kappa shape index (κ3) is 3.29. The van der Waals surface area contributed by atoms with Crippen molar-refractivity contribution in [1.82, 2.24) is 5.32 Å². The van der Waals surface area contributed by atoms with E-state index < -0.39 is 0 Å². The van der Waals surface area contributed by atoms with Gasteiger partial charge in [0.2, 0.25) is 0 Å². The summed E-state index contributed by atoms with van der Waals surface area (Å²) in [5, 5.41) is 3.47. The average molecular weight is 355 g/mol. The highest BCUT2D eigenvalue weighted by atomic mass is 16.5. The molecule has 5 heteroatoms. The minimum Gasteiger partial charge on any atom is -0.493 e. The van der Waals surface area contributed by atoms with Gasteiger partial charge in [-0.05, 0) is 54.3 Å². The van der Waals surface area contributed by atoms with Gasteiger partial charge in [0, 0.05) is 17.8 Å². The lowest BCUT2D eigenvalue weighted by Gasteiger charge is -2.17. The number of methoxy groups -OCH3 is 4. The number of hydrogen-bond donors (Lipinski definition) is 1. The van der Waals surface area contributed by atoms with Gasteiger partial charge in [-0.15, -0.1) is 0 Å². The van der Waals surface area contributed by atoms with Gasteiger partial charge in [-0.1, -0.05) is 6.07 Å². The Morgan fingerprint density at radius 1 is 0.808 bits per heavy atom. The van der Waals surface area contributed by atoms with Crippen molar-refractivity contribution in [2.45, 2.75) is 19.4 Å². The van der Waals surface area contributed by atoms with Gasteiger partial charge in [0.05, 0.1) is 28.4 Å². The standard InChI is InChI=1S/C21H25NO4/c1-13-8-15-10-20(25-4)21(26-5)11-16(15)17(12-22-13)14-6-7-18(23-2)19(9-14)24-3/h6-7,9-13,22H,8H2,1-5H3. The van der Waals surface area contributed by atoms with Crippen LogP contribution in [0.4, 0.5) is 0 Å². The van der Waals surface area contributed by atoms with Crippen LogP contribution in [0.5, 0.6) is 23.0 Å². The molecule has 0 aromatic heterocycles. The third-order valence-electron chi connectivity index (χ3n) is 4.63. The van der Waals surface area contributed by atoms with Gasteiger partial charge >= 0.3 is 0 Å². The molecule has 1 unspecified atom stereocenters. The van der Waals surface area contributed by atoms with Crippen LogP contribution in [0.2, 0.25) is 0 Å². The van der Waals surface area contributed by atoms with Gasteiger partial charge in [-0.25, -0.2) is 0 Å². The maximum Gasteiger partial charge on any atom is 0.161 e. The molecule has 0 saturated heterocycles. The highest BCUT2D eigenvalue weighted by Gasteiger charge is 2.21. The van der Waals surface area contributed by atoms with Crippen LogP contribution in [-0.2, 0) is 6.42 Å². The van der Waals surface area contributed by atoms with Crippen LogP contribution in [0, 0.1) is 0 Å². The molecule has 0 radical (unpaired) electrons. The number of nitrogens with one attached hydrogen (secondary N) is 1. The van der Waals surface area contributed by atoms with Crippen LogP contribution in [0.25, 0.3) is 5.57 Å². The molecule has 0 amide bonds. The minimum atomic E-state index is 0.310. The Kier molecular flexibility index (Phi) is 5.26. The minimum absolute atomic E-state index is 0.310. The van der Waals surface area contributed by atoms with Crippen LogP contribution >= 0.6 is 0 Å². The van der Waals surface area contributed by atoms with E-state index in [1.54, 1.807) is 28.4 Å². The van der Waals surface area contributed by atoms with E-state index in [1.807, 2.05) is 24.3 Å². The summed E-state index contributed by atoms with van der Waals surface area (Å²) in [4.78, 5) is 0. The second-order valence-electron chi connectivity index (χ2n) is 6.26. The molecule has 1 N–H and O–H groups in total. The van der Waals surface area contributed by atoms with Crippen molar-refractivity contribution < 1.29 is 18.9 Å². The van der Waals surface area contributed by atoms with E-state index in [1.165, 1.54) is 5.56 Å². The summed E-state index contributed by atoms with van der Waals surface area (Å²) >= 11 is 0. The summed E-state index contributed by atoms with van der Waals surface area (Å²) in [5.41, 5.74) is 4.44. The van der Waals surface area contributed by atoms with Crippen molar-refractivity contribution in [3.05, 3.63) is 53.2 Å². The van der Waals surface area contributed by atoms with Crippen molar-refractivity contribution in [2.24, 2.45) is 0 Å². The molecule has 3 rings (SSSR count). The Morgan fingerprint density at radius 2 is 1.42 bits per heavy atom. The molecule has 1 aliphatic rings. The fourth-order valence-corrected chi connectivity index (χ4v) is 3.28. The maximum absolute atomic E-state index is 5.52. The van der Waals surface area contributed by atoms with Gasteiger partial charge in [0.15, 0.2) is 23.0 Å². The number of ether oxygens (including phenoxy) is 4. The molecule has 2 aromatic carbocycles. The largest absolute Gasteiger partial charge is 0.493 e. The second kappa shape index (κ2) is 7.60. The number of rotatable bonds is 5. The summed E-state index contributed by atoms with van der Waals surface area (Å²) in [6.07, 6.45) is 2.95. The molecular formula is C21H25NO4. The predicted molar refractivity (Wildman–Crippen MR) is 102 cm³/mol. The topological polar surface area (TPSA) is 49.0 Å². The van der Waals surface area contributed by atoms with Crippen LogP contribution in [-0.4, -0.2) is 34.5 Å². The van der Waals surface area contributed by atoms with Crippen LogP contribution in [0.1, 0.15) is 23.6 Å². The van der Waals surface area contributed by atoms with E-state index in [9.17, 15) is 0 Å². The Balaban J connectivity index is 2.17. The predicted octanol–water partition coefficient (Wildman–Crippen LogP) is 3.64. The zero-order chi connectivity index (χ0) is 18.7. The van der Waals surface area contributed by atoms with Gasteiger partial charge in [-0.3, -0.25) is 0 Å². The first-order valence-corrected chi connectivity index (χ1v) is 8.55. The van der Waals surface area contributed by atoms with E-state index in [2.05, 4.69) is 24.5 Å². The van der Waals surface area contributed by atoms with E-state index in [0.29, 0.717) is 23.3 Å². The van der Waals surface area contributed by atoms with E-state index >= 15 is 0 Å². The molecular weight excluding hydrogens is 330 g/mol. The number of hydrogen-bond acceptors (Lipinski definition) is 5. The summed E-state index contributed by atoms with van der Waals surface area (Å²) in [5.74, 6) is 2.86. The van der Waals surface area contributed by atoms with Crippen molar-refractivity contribution >= 4 is 5.57 Å². The van der Waals surface area contributed by atoms with Crippen molar-refractivity contribution in [3.63, 3.8) is 0 Å². The van der Waals surface area contributed by atoms with Crippen molar-refractivity contribution in [2.75, 3.05) is 28.4 Å². The van der Waals surface area contributed by atoms with Crippen LogP contribution in [0.3, 0.4) is 0 Å². The molecule has 0 fully saturated rings. The molecule has 1 heterocycles. The molecule has 26 heavy (non-hydrogen) atoms. The average Bonchev–Trinajstić information content (AvgIpc) is 2.83. The molecule has 0 bridgehead atoms. The molecule has 1 atom stereocenters. The Bertz CT molecular complexity index is 829. The quantitative estimate of drug-likeness (QED) is 0.887. The zero-order valence-corrected chi connectivity index (χ0v) is 15.9. The molecule has 0 saturated carbocycles. The highest BCUT2D eigenvalue weighted by Crippen LogP contribution is 2.39. The lowest BCUT2D eigenvalue weighted by Crippen LogP contribution is -2.21. The molecule has 0 spiro atoms. The second-order valence-corrected chi connectivity index (χ2v) is 6.26. The summed E-state index contributed by atoms with van der Waals surface area (Å²) < 4.78 is 21.8. The number of benzene rings is 2. The van der Waals surface area contributed by atoms with Gasteiger partial charge in [0.1, 0.15) is 0 Å². The summed E-state index contributed by atoms with van der Waals surface area (Å²) in [7, 11) is 6.60. The van der Waals surface area contributed by atoms with Crippen LogP contribution in [0.15, 0.2) is 36.5 Å². The fraction of sp³-hybridized carbons (Fsp3) is 0.333. The third-order valence-corrected chi connectivity index (χ3v) is 4.63. The van der Waals surface area contributed by atoms with Gasteiger partial charge in [0.25, 0.3) is 0 Å². The van der Waals surface area contributed by atoms with Crippen molar-refractivity contribution in [3.8, 4) is 23.0 Å². The van der Waals surface area contributed by atoms with Gasteiger partial charge < -0.3 is 24.3 Å². The Hall–Kier alpha value is -2.82. The summed E-state index contributed by atoms with van der Waals surface area (Å²) in [6, 6.07) is 10.4. The Labute approximate surface area is 154 Å². The molecule has 2 aromatic rings. The number of fused-ring (bicyclic) bond motifs is 1. The van der Waals surface area contributed by atoms with Crippen molar-refractivity contribution in [1.29, 1.82) is 0 Å². The molecule has 138 valence electrons. The van der Waals surface area contributed by atoms with E-state index in [-0.39, 0.29) is 0 Å². The first-order chi connectivity index (χ1) is 12.6. The fourth-order valence-electron chi connectivity index (χ4n) is 3.28. The lowest BCUT2D eigenvalue weighted by molar-refractivity contribution is 0.354. The molecule has 1 aliphatic heterocycles. The monoisotopic (exact) mass is 355 g/mol.